The van der Waals surface area contributed by atoms with E-state index < -0.39 is 74.6 Å². The molecule has 10 atom stereocenters. The second-order valence-corrected chi connectivity index (χ2v) is 5.53. The lowest BCUT2D eigenvalue weighted by Gasteiger charge is -2.45. The van der Waals surface area contributed by atoms with Crippen LogP contribution in [0.2, 0.25) is 0 Å². The van der Waals surface area contributed by atoms with Crippen molar-refractivity contribution in [1.82, 2.24) is 0 Å². The van der Waals surface area contributed by atoms with Crippen LogP contribution >= 0.6 is 0 Å². The Hall–Kier alpha value is -0.440. The highest BCUT2D eigenvalue weighted by atomic mass is 16.7. The lowest BCUT2D eigenvalue weighted by Crippen LogP contribution is -2.64. The molecule has 0 aliphatic carbocycles. The smallest absolute Gasteiger partial charge is 0.187 e. The van der Waals surface area contributed by atoms with Gasteiger partial charge in [-0.2, -0.15) is 0 Å². The Balaban J connectivity index is 2.11. The van der Waals surface area contributed by atoms with Crippen LogP contribution in [-0.4, -0.2) is 115 Å². The normalized spacial score (nSPS) is 51.7. The Morgan fingerprint density at radius 3 is 1.83 bits per heavy atom. The number of ether oxygens (including phenoxy) is 3. The van der Waals surface area contributed by atoms with Crippen LogP contribution in [0.5, 0.6) is 0 Å². The van der Waals surface area contributed by atoms with E-state index in [4.69, 9.17) is 19.3 Å². The number of hydrogen-bond donors (Lipinski definition) is 8. The molecule has 11 nitrogen and oxygen atoms in total. The second-order valence-electron chi connectivity index (χ2n) is 5.53. The summed E-state index contributed by atoms with van der Waals surface area (Å²) in [6, 6.07) is 0. The van der Waals surface area contributed by atoms with E-state index in [9.17, 15) is 35.7 Å². The summed E-state index contributed by atoms with van der Waals surface area (Å²) in [5.74, 6) is 0. The van der Waals surface area contributed by atoms with Crippen LogP contribution in [0.3, 0.4) is 0 Å². The molecule has 2 aliphatic rings. The van der Waals surface area contributed by atoms with E-state index in [-0.39, 0.29) is 0 Å². The number of aliphatic hydroxyl groups is 8. The highest BCUT2D eigenvalue weighted by molar-refractivity contribution is 4.93. The van der Waals surface area contributed by atoms with Gasteiger partial charge in [-0.05, 0) is 0 Å². The monoisotopic (exact) mass is 342 g/mol. The summed E-state index contributed by atoms with van der Waals surface area (Å²) in [6.45, 7) is -1.35. The quantitative estimate of drug-likeness (QED) is 0.243. The molecule has 23 heavy (non-hydrogen) atoms. The Morgan fingerprint density at radius 2 is 1.26 bits per heavy atom. The van der Waals surface area contributed by atoms with Crippen LogP contribution in [0, 0.1) is 0 Å². The lowest BCUT2D eigenvalue weighted by atomic mass is 9.97. The van der Waals surface area contributed by atoms with E-state index in [0.717, 1.165) is 0 Å². The zero-order valence-corrected chi connectivity index (χ0v) is 12.0. The molecule has 0 aromatic carbocycles. The molecule has 136 valence electrons. The molecule has 0 radical (unpaired) electrons. The number of aliphatic hydroxyl groups excluding tert-OH is 8. The van der Waals surface area contributed by atoms with Crippen molar-refractivity contribution < 1.29 is 55.1 Å². The van der Waals surface area contributed by atoms with Crippen molar-refractivity contribution in [2.24, 2.45) is 0 Å². The minimum atomic E-state index is -1.74. The fourth-order valence-electron chi connectivity index (χ4n) is 2.57. The fraction of sp³-hybridized carbons (Fsp3) is 1.00. The Bertz CT molecular complexity index is 378. The molecule has 2 aliphatic heterocycles. The van der Waals surface area contributed by atoms with Gasteiger partial charge in [0.1, 0.15) is 48.8 Å². The highest BCUT2D eigenvalue weighted by Crippen LogP contribution is 2.28. The minimum absolute atomic E-state index is 0.667. The van der Waals surface area contributed by atoms with Crippen molar-refractivity contribution in [3.63, 3.8) is 0 Å². The van der Waals surface area contributed by atoms with Crippen molar-refractivity contribution in [3.05, 3.63) is 0 Å². The van der Waals surface area contributed by atoms with Gasteiger partial charge < -0.3 is 55.1 Å². The topological polar surface area (TPSA) is 190 Å². The van der Waals surface area contributed by atoms with Crippen molar-refractivity contribution in [2.75, 3.05) is 13.2 Å². The van der Waals surface area contributed by atoms with Crippen LogP contribution in [0.4, 0.5) is 0 Å². The van der Waals surface area contributed by atoms with Crippen molar-refractivity contribution in [1.29, 1.82) is 0 Å². The fourth-order valence-corrected chi connectivity index (χ4v) is 2.57. The van der Waals surface area contributed by atoms with E-state index in [1.54, 1.807) is 0 Å². The molecule has 0 aromatic heterocycles. The van der Waals surface area contributed by atoms with E-state index in [1.807, 2.05) is 0 Å². The zero-order valence-electron chi connectivity index (χ0n) is 12.0. The molecule has 8 N–H and O–H groups in total. The van der Waals surface area contributed by atoms with Gasteiger partial charge in [-0.1, -0.05) is 0 Å². The summed E-state index contributed by atoms with van der Waals surface area (Å²) < 4.78 is 15.3. The first kappa shape index (κ1) is 18.9. The first-order chi connectivity index (χ1) is 10.8. The Kier molecular flexibility index (Phi) is 6.27. The third-order valence-electron chi connectivity index (χ3n) is 3.98. The summed E-state index contributed by atoms with van der Waals surface area (Å²) >= 11 is 0. The Morgan fingerprint density at radius 1 is 0.652 bits per heavy atom. The predicted octanol–water partition coefficient (Wildman–Crippen LogP) is -5.40. The molecule has 0 aromatic rings. The molecule has 0 saturated carbocycles. The molecular weight excluding hydrogens is 320 g/mol. The molecule has 0 spiro atoms. The maximum atomic E-state index is 9.94. The maximum absolute atomic E-state index is 9.94. The summed E-state index contributed by atoms with van der Waals surface area (Å²) in [4.78, 5) is 0. The molecule has 0 bridgehead atoms. The average molecular weight is 342 g/mol. The lowest BCUT2D eigenvalue weighted by molar-refractivity contribution is -0.355. The van der Waals surface area contributed by atoms with Crippen LogP contribution in [0.25, 0.3) is 0 Å². The van der Waals surface area contributed by atoms with Crippen LogP contribution < -0.4 is 0 Å². The Labute approximate surface area is 130 Å². The maximum Gasteiger partial charge on any atom is 0.187 e. The van der Waals surface area contributed by atoms with Gasteiger partial charge >= 0.3 is 0 Å². The summed E-state index contributed by atoms with van der Waals surface area (Å²) in [5, 5.41) is 76.5. The van der Waals surface area contributed by atoms with Crippen molar-refractivity contribution in [3.8, 4) is 0 Å². The van der Waals surface area contributed by atoms with Gasteiger partial charge in [0.15, 0.2) is 12.6 Å². The molecule has 2 rings (SSSR count). The van der Waals surface area contributed by atoms with Gasteiger partial charge in [-0.15, -0.1) is 0 Å². The van der Waals surface area contributed by atoms with Crippen LogP contribution in [0.1, 0.15) is 0 Å². The van der Waals surface area contributed by atoms with Crippen molar-refractivity contribution in [2.45, 2.75) is 61.4 Å². The van der Waals surface area contributed by atoms with Gasteiger partial charge in [-0.3, -0.25) is 0 Å². The summed E-state index contributed by atoms with van der Waals surface area (Å²) in [5.41, 5.74) is 0. The third-order valence-corrected chi connectivity index (χ3v) is 3.98. The molecule has 0 amide bonds. The molecule has 2 heterocycles. The van der Waals surface area contributed by atoms with Crippen LogP contribution in [0.15, 0.2) is 0 Å². The van der Waals surface area contributed by atoms with Crippen molar-refractivity contribution >= 4 is 0 Å². The molecular formula is C12H22O11. The SMILES string of the molecule is OC[C@@H]1O[C@H](O[C@@H]2[C@@H](O)[C@H](O)[C@H](O)O[C@H]2CO)[C@@H](O)[C@H](O)[C@@H]1O. The molecule has 2 fully saturated rings. The highest BCUT2D eigenvalue weighted by Gasteiger charge is 2.50. The molecule has 0 unspecified atom stereocenters. The van der Waals surface area contributed by atoms with E-state index >= 15 is 0 Å². The second kappa shape index (κ2) is 7.63. The predicted molar refractivity (Wildman–Crippen MR) is 68.6 cm³/mol. The largest absolute Gasteiger partial charge is 0.394 e. The third kappa shape index (κ3) is 3.65. The van der Waals surface area contributed by atoms with E-state index in [0.29, 0.717) is 0 Å². The number of hydrogen-bond acceptors (Lipinski definition) is 11. The zero-order chi connectivity index (χ0) is 17.3. The number of rotatable bonds is 4. The van der Waals surface area contributed by atoms with Gasteiger partial charge in [0.05, 0.1) is 13.2 Å². The van der Waals surface area contributed by atoms with Gasteiger partial charge in [0.2, 0.25) is 0 Å². The first-order valence-corrected chi connectivity index (χ1v) is 7.08. The average Bonchev–Trinajstić information content (AvgIpc) is 2.55. The minimum Gasteiger partial charge on any atom is -0.394 e. The summed E-state index contributed by atoms with van der Waals surface area (Å²) in [7, 11) is 0. The van der Waals surface area contributed by atoms with Gasteiger partial charge in [-0.25, -0.2) is 0 Å². The first-order valence-electron chi connectivity index (χ1n) is 7.08. The standard InChI is InChI=1S/C12H22O11/c13-1-3-5(15)6(16)9(19)12(22-3)23-10-4(2-14)21-11(20)8(18)7(10)17/h3-20H,1-2H2/t3-,4-,5+,6+,7-,8-,9-,10-,11+,12+/m0/s1. The van der Waals surface area contributed by atoms with Crippen LogP contribution in [-0.2, 0) is 14.2 Å². The van der Waals surface area contributed by atoms with E-state index in [2.05, 4.69) is 0 Å². The molecule has 2 saturated heterocycles. The van der Waals surface area contributed by atoms with E-state index in [1.165, 1.54) is 0 Å². The molecule has 11 heteroatoms. The van der Waals surface area contributed by atoms with Gasteiger partial charge in [0, 0.05) is 0 Å². The van der Waals surface area contributed by atoms with Gasteiger partial charge in [0.25, 0.3) is 0 Å². The summed E-state index contributed by atoms with van der Waals surface area (Å²) in [6.07, 6.45) is -15.6.